The van der Waals surface area contributed by atoms with E-state index >= 15 is 0 Å². The lowest BCUT2D eigenvalue weighted by molar-refractivity contribution is -0.127. The van der Waals surface area contributed by atoms with Crippen molar-refractivity contribution < 1.29 is 19.4 Å². The second-order valence-corrected chi connectivity index (χ2v) is 11.3. The maximum atomic E-state index is 14.0. The number of nitrogens with zero attached hydrogens (tertiary/aromatic N) is 3. The number of carbonyl (C=O) groups is 1. The number of aromatic nitrogens is 1. The van der Waals surface area contributed by atoms with E-state index in [2.05, 4.69) is 31.9 Å². The number of thiazole rings is 1. The Morgan fingerprint density at radius 1 is 1.18 bits per heavy atom. The highest BCUT2D eigenvalue weighted by Gasteiger charge is 2.36. The summed E-state index contributed by atoms with van der Waals surface area (Å²) < 4.78 is 14.3. The predicted octanol–water partition coefficient (Wildman–Crippen LogP) is 4.35. The maximum Gasteiger partial charge on any atom is 0.271 e. The number of methoxy groups -OCH3 is 2. The highest BCUT2D eigenvalue weighted by molar-refractivity contribution is 9.11. The van der Waals surface area contributed by atoms with E-state index in [1.165, 1.54) is 15.9 Å². The zero-order valence-corrected chi connectivity index (χ0v) is 25.5. The van der Waals surface area contributed by atoms with Crippen LogP contribution >= 0.6 is 43.2 Å². The van der Waals surface area contributed by atoms with Crippen molar-refractivity contribution >= 4 is 55.2 Å². The molecule has 0 saturated heterocycles. The van der Waals surface area contributed by atoms with Crippen molar-refractivity contribution in [2.45, 2.75) is 26.8 Å². The van der Waals surface area contributed by atoms with E-state index in [9.17, 15) is 14.7 Å². The second kappa shape index (κ2) is 11.5. The van der Waals surface area contributed by atoms with E-state index in [1.807, 2.05) is 13.8 Å². The number of likely N-dealkylation sites (N-methyl/N-ethyl adjacent to an activating group) is 1. The molecule has 38 heavy (non-hydrogen) atoms. The first-order valence-electron chi connectivity index (χ1n) is 11.9. The molecule has 8 nitrogen and oxygen atoms in total. The number of hydrogen-bond donors (Lipinski definition) is 1. The first-order valence-corrected chi connectivity index (χ1v) is 14.3. The molecule has 0 saturated carbocycles. The van der Waals surface area contributed by atoms with Crippen LogP contribution < -0.4 is 24.4 Å². The Kier molecular flexibility index (Phi) is 8.49. The van der Waals surface area contributed by atoms with E-state index < -0.39 is 6.04 Å². The topological polar surface area (TPSA) is 93.4 Å². The fourth-order valence-corrected chi connectivity index (χ4v) is 6.76. The number of allylic oxidation sites excluding steroid dienone is 1. The third-order valence-electron chi connectivity index (χ3n) is 6.38. The van der Waals surface area contributed by atoms with Crippen LogP contribution in [-0.4, -0.2) is 47.8 Å². The first kappa shape index (κ1) is 28.1. The van der Waals surface area contributed by atoms with Crippen molar-refractivity contribution in [3.05, 3.63) is 81.4 Å². The van der Waals surface area contributed by atoms with Crippen LogP contribution in [0.25, 0.3) is 6.08 Å². The Morgan fingerprint density at radius 3 is 2.53 bits per heavy atom. The summed E-state index contributed by atoms with van der Waals surface area (Å²) in [6.07, 6.45) is 1.62. The Hall–Kier alpha value is -2.89. The van der Waals surface area contributed by atoms with Gasteiger partial charge in [-0.3, -0.25) is 14.2 Å². The number of amides is 1. The van der Waals surface area contributed by atoms with Crippen molar-refractivity contribution in [1.82, 2.24) is 9.47 Å². The molecule has 4 rings (SSSR count). The SMILES string of the molecule is CCN(CC)C(=O)C1=C(C)N=c2s/c(=C/c3cc(Br)cc(Br)c3O)c(=O)n2[C@H]1c1cc(OC)ccc1OC. The van der Waals surface area contributed by atoms with Crippen molar-refractivity contribution in [3.63, 3.8) is 0 Å². The van der Waals surface area contributed by atoms with Gasteiger partial charge < -0.3 is 19.5 Å². The average molecular weight is 665 g/mol. The van der Waals surface area contributed by atoms with Crippen molar-refractivity contribution in [1.29, 1.82) is 0 Å². The highest BCUT2D eigenvalue weighted by atomic mass is 79.9. The minimum atomic E-state index is -0.797. The van der Waals surface area contributed by atoms with Gasteiger partial charge in [0, 0.05) is 28.7 Å². The van der Waals surface area contributed by atoms with E-state index in [1.54, 1.807) is 62.5 Å². The van der Waals surface area contributed by atoms with Gasteiger partial charge in [-0.05, 0) is 73.1 Å². The van der Waals surface area contributed by atoms with E-state index in [0.717, 1.165) is 4.47 Å². The number of aromatic hydroxyl groups is 1. The molecule has 1 atom stereocenters. The number of phenolic OH excluding ortho intramolecular Hbond substituents is 1. The van der Waals surface area contributed by atoms with Gasteiger partial charge in [-0.1, -0.05) is 27.3 Å². The smallest absolute Gasteiger partial charge is 0.271 e. The van der Waals surface area contributed by atoms with Crippen LogP contribution in [0.1, 0.15) is 37.9 Å². The van der Waals surface area contributed by atoms with Gasteiger partial charge in [0.15, 0.2) is 4.80 Å². The molecular formula is C27H27Br2N3O5S. The molecule has 0 bridgehead atoms. The minimum Gasteiger partial charge on any atom is -0.506 e. The monoisotopic (exact) mass is 663 g/mol. The normalized spacial score (nSPS) is 15.2. The predicted molar refractivity (Wildman–Crippen MR) is 155 cm³/mol. The largest absolute Gasteiger partial charge is 0.506 e. The fraction of sp³-hybridized carbons (Fsp3) is 0.296. The van der Waals surface area contributed by atoms with Gasteiger partial charge in [0.1, 0.15) is 23.3 Å². The molecule has 3 aromatic rings. The van der Waals surface area contributed by atoms with Gasteiger partial charge in [0.2, 0.25) is 0 Å². The number of hydrogen-bond acceptors (Lipinski definition) is 7. The van der Waals surface area contributed by atoms with Crippen molar-refractivity contribution in [3.8, 4) is 17.2 Å². The molecule has 1 amide bonds. The fourth-order valence-electron chi connectivity index (χ4n) is 4.46. The van der Waals surface area contributed by atoms with Crippen LogP contribution in [0.3, 0.4) is 0 Å². The summed E-state index contributed by atoms with van der Waals surface area (Å²) >= 11 is 7.96. The molecular weight excluding hydrogens is 638 g/mol. The molecule has 1 aromatic heterocycles. The summed E-state index contributed by atoms with van der Waals surface area (Å²) in [5.41, 5.74) is 1.65. The Labute approximate surface area is 240 Å². The number of ether oxygens (including phenoxy) is 2. The van der Waals surface area contributed by atoms with Crippen LogP contribution in [0.2, 0.25) is 0 Å². The number of halogens is 2. The molecule has 0 fully saturated rings. The van der Waals surface area contributed by atoms with Crippen molar-refractivity contribution in [2.24, 2.45) is 4.99 Å². The summed E-state index contributed by atoms with van der Waals surface area (Å²) in [6, 6.07) is 7.96. The lowest BCUT2D eigenvalue weighted by Gasteiger charge is -2.30. The maximum absolute atomic E-state index is 14.0. The zero-order chi connectivity index (χ0) is 27.7. The molecule has 1 N–H and O–H groups in total. The standard InChI is InChI=1S/C27H27Br2N3O5S/c1-6-31(7-2)26(35)22-14(3)30-27-32(23(22)18-13-17(36-4)8-9-20(18)37-5)25(34)21(38-27)11-15-10-16(28)12-19(29)24(15)33/h8-13,23,33H,6-7H2,1-5H3/b21-11+/t23-/m0/s1. The zero-order valence-electron chi connectivity index (χ0n) is 21.5. The highest BCUT2D eigenvalue weighted by Crippen LogP contribution is 2.38. The lowest BCUT2D eigenvalue weighted by Crippen LogP contribution is -2.43. The van der Waals surface area contributed by atoms with Crippen molar-refractivity contribution in [2.75, 3.05) is 27.3 Å². The Morgan fingerprint density at radius 2 is 1.89 bits per heavy atom. The summed E-state index contributed by atoms with van der Waals surface area (Å²) in [6.45, 7) is 6.63. The molecule has 2 heterocycles. The average Bonchev–Trinajstić information content (AvgIpc) is 3.20. The first-order chi connectivity index (χ1) is 18.1. The minimum absolute atomic E-state index is 0.0126. The Balaban J connectivity index is 2.05. The molecule has 0 spiro atoms. The molecule has 0 aliphatic carbocycles. The number of benzene rings is 2. The van der Waals surface area contributed by atoms with Crippen LogP contribution in [0.5, 0.6) is 17.2 Å². The van der Waals surface area contributed by atoms with Gasteiger partial charge in [-0.25, -0.2) is 4.99 Å². The van der Waals surface area contributed by atoms with Gasteiger partial charge in [0.25, 0.3) is 11.5 Å². The third kappa shape index (κ3) is 5.06. The van der Waals surface area contributed by atoms with Crippen LogP contribution in [0.4, 0.5) is 0 Å². The van der Waals surface area contributed by atoms with Gasteiger partial charge in [0.05, 0.1) is 34.5 Å². The van der Waals surface area contributed by atoms with Crippen LogP contribution in [0, 0.1) is 0 Å². The van der Waals surface area contributed by atoms with Crippen LogP contribution in [0.15, 0.2) is 60.3 Å². The molecule has 1 aliphatic heterocycles. The van der Waals surface area contributed by atoms with E-state index in [0.29, 0.717) is 60.8 Å². The van der Waals surface area contributed by atoms with E-state index in [-0.39, 0.29) is 17.2 Å². The third-order valence-corrected chi connectivity index (χ3v) is 8.42. The molecule has 0 radical (unpaired) electrons. The number of carbonyl (C=O) groups excluding carboxylic acids is 1. The Bertz CT molecular complexity index is 1620. The quantitative estimate of drug-likeness (QED) is 0.406. The number of rotatable bonds is 7. The summed E-state index contributed by atoms with van der Waals surface area (Å²) in [7, 11) is 3.11. The van der Waals surface area contributed by atoms with Gasteiger partial charge >= 0.3 is 0 Å². The molecule has 2 aromatic carbocycles. The molecule has 11 heteroatoms. The molecule has 1 aliphatic rings. The summed E-state index contributed by atoms with van der Waals surface area (Å²) in [5.74, 6) is 0.891. The van der Waals surface area contributed by atoms with E-state index in [4.69, 9.17) is 14.5 Å². The number of fused-ring (bicyclic) bond motifs is 1. The molecule has 0 unspecified atom stereocenters. The summed E-state index contributed by atoms with van der Waals surface area (Å²) in [5, 5.41) is 10.6. The molecule has 200 valence electrons. The van der Waals surface area contributed by atoms with Gasteiger partial charge in [-0.15, -0.1) is 0 Å². The number of phenols is 1. The summed E-state index contributed by atoms with van der Waals surface area (Å²) in [4.78, 5) is 34.6. The second-order valence-electron chi connectivity index (χ2n) is 8.49. The van der Waals surface area contributed by atoms with Gasteiger partial charge in [-0.2, -0.15) is 0 Å². The lowest BCUT2D eigenvalue weighted by atomic mass is 9.93. The van der Waals surface area contributed by atoms with Crippen LogP contribution in [-0.2, 0) is 4.79 Å².